The first kappa shape index (κ1) is 21.3. The molecule has 30 heavy (non-hydrogen) atoms. The molecule has 4 nitrogen and oxygen atoms in total. The van der Waals surface area contributed by atoms with Crippen molar-refractivity contribution in [1.82, 2.24) is 0 Å². The molecule has 0 fully saturated rings. The van der Waals surface area contributed by atoms with Gasteiger partial charge in [-0.15, -0.1) is 0 Å². The van der Waals surface area contributed by atoms with Gasteiger partial charge >= 0.3 is 0 Å². The summed E-state index contributed by atoms with van der Waals surface area (Å²) in [6.07, 6.45) is 1.47. The number of rotatable bonds is 6. The van der Waals surface area contributed by atoms with E-state index >= 15 is 0 Å². The molecule has 0 saturated heterocycles. The van der Waals surface area contributed by atoms with Crippen LogP contribution < -0.4 is 10.1 Å². The number of benzene rings is 3. The topological polar surface area (TPSA) is 62.1 Å². The van der Waals surface area contributed by atoms with Crippen LogP contribution in [0.25, 0.3) is 6.08 Å². The molecule has 0 atom stereocenters. The standard InChI is InChI=1S/C24H18BrFN2O2/c1-16-3-2-4-17(11-16)15-30-23-10-5-20(25)13-18(23)12-19(14-27)24(29)28-22-8-6-21(26)7-9-22/h2-13H,15H2,1H3,(H,28,29)/b19-12+. The number of hydrogen-bond acceptors (Lipinski definition) is 3. The van der Waals surface area contributed by atoms with Crippen molar-refractivity contribution in [2.45, 2.75) is 13.5 Å². The normalized spacial score (nSPS) is 10.9. The summed E-state index contributed by atoms with van der Waals surface area (Å²) in [6, 6.07) is 20.6. The molecule has 0 aliphatic rings. The minimum atomic E-state index is -0.589. The van der Waals surface area contributed by atoms with E-state index in [1.54, 1.807) is 12.1 Å². The van der Waals surface area contributed by atoms with Crippen LogP contribution >= 0.6 is 15.9 Å². The maximum absolute atomic E-state index is 13.0. The molecule has 0 radical (unpaired) electrons. The van der Waals surface area contributed by atoms with E-state index in [9.17, 15) is 14.4 Å². The zero-order valence-electron chi connectivity index (χ0n) is 16.2. The molecule has 0 aliphatic carbocycles. The van der Waals surface area contributed by atoms with E-state index in [2.05, 4.69) is 21.2 Å². The van der Waals surface area contributed by atoms with E-state index in [-0.39, 0.29) is 5.57 Å². The number of hydrogen-bond donors (Lipinski definition) is 1. The summed E-state index contributed by atoms with van der Waals surface area (Å²) in [7, 11) is 0. The Labute approximate surface area is 182 Å². The molecule has 0 heterocycles. The molecule has 3 rings (SSSR count). The third kappa shape index (κ3) is 5.79. The molecule has 1 N–H and O–H groups in total. The van der Waals surface area contributed by atoms with Gasteiger partial charge in [0.2, 0.25) is 0 Å². The van der Waals surface area contributed by atoms with Gasteiger partial charge in [0.25, 0.3) is 5.91 Å². The number of nitrogens with zero attached hydrogens (tertiary/aromatic N) is 1. The first-order valence-corrected chi connectivity index (χ1v) is 9.90. The average Bonchev–Trinajstić information content (AvgIpc) is 2.73. The lowest BCUT2D eigenvalue weighted by molar-refractivity contribution is -0.112. The highest BCUT2D eigenvalue weighted by Crippen LogP contribution is 2.27. The second-order valence-electron chi connectivity index (χ2n) is 6.59. The molecule has 1 amide bonds. The van der Waals surface area contributed by atoms with Crippen molar-refractivity contribution in [2.24, 2.45) is 0 Å². The van der Waals surface area contributed by atoms with E-state index in [1.165, 1.54) is 30.3 Å². The van der Waals surface area contributed by atoms with Gasteiger partial charge in [-0.05, 0) is 61.0 Å². The molecular formula is C24H18BrFN2O2. The fourth-order valence-corrected chi connectivity index (χ4v) is 3.14. The van der Waals surface area contributed by atoms with Gasteiger partial charge in [0.1, 0.15) is 29.8 Å². The number of halogens is 2. The number of ether oxygens (including phenoxy) is 1. The molecule has 6 heteroatoms. The maximum Gasteiger partial charge on any atom is 0.266 e. The van der Waals surface area contributed by atoms with Gasteiger partial charge in [0, 0.05) is 15.7 Å². The quantitative estimate of drug-likeness (QED) is 0.358. The Hall–Kier alpha value is -3.43. The van der Waals surface area contributed by atoms with E-state index in [0.29, 0.717) is 23.6 Å². The minimum Gasteiger partial charge on any atom is -0.488 e. The third-order valence-corrected chi connectivity index (χ3v) is 4.71. The lowest BCUT2D eigenvalue weighted by atomic mass is 10.1. The number of nitriles is 1. The monoisotopic (exact) mass is 464 g/mol. The SMILES string of the molecule is Cc1cccc(COc2ccc(Br)cc2/C=C(\C#N)C(=O)Nc2ccc(F)cc2)c1. The summed E-state index contributed by atoms with van der Waals surface area (Å²) in [5, 5.41) is 12.1. The first-order chi connectivity index (χ1) is 14.4. The van der Waals surface area contributed by atoms with Gasteiger partial charge in [-0.3, -0.25) is 4.79 Å². The molecule has 150 valence electrons. The van der Waals surface area contributed by atoms with Gasteiger partial charge in [-0.25, -0.2) is 4.39 Å². The number of anilines is 1. The van der Waals surface area contributed by atoms with Crippen molar-refractivity contribution in [1.29, 1.82) is 5.26 Å². The Morgan fingerprint density at radius 1 is 1.17 bits per heavy atom. The fraction of sp³-hybridized carbons (Fsp3) is 0.0833. The Balaban J connectivity index is 1.82. The van der Waals surface area contributed by atoms with Gasteiger partial charge < -0.3 is 10.1 Å². The summed E-state index contributed by atoms with van der Waals surface area (Å²) in [6.45, 7) is 2.37. The molecule has 0 spiro atoms. The summed E-state index contributed by atoms with van der Waals surface area (Å²) in [5.41, 5.74) is 3.03. The number of carbonyl (C=O) groups excluding carboxylic acids is 1. The van der Waals surface area contributed by atoms with Crippen molar-refractivity contribution in [2.75, 3.05) is 5.32 Å². The number of carbonyl (C=O) groups is 1. The van der Waals surface area contributed by atoms with E-state index in [1.807, 2.05) is 43.3 Å². The Kier molecular flexibility index (Phi) is 6.99. The Bertz CT molecular complexity index is 1130. The molecule has 0 aromatic heterocycles. The molecule has 0 saturated carbocycles. The minimum absolute atomic E-state index is 0.0992. The van der Waals surface area contributed by atoms with E-state index in [4.69, 9.17) is 4.74 Å². The zero-order chi connectivity index (χ0) is 21.5. The molecule has 0 aliphatic heterocycles. The average molecular weight is 465 g/mol. The highest BCUT2D eigenvalue weighted by atomic mass is 79.9. The predicted molar refractivity (Wildman–Crippen MR) is 118 cm³/mol. The van der Waals surface area contributed by atoms with Crippen LogP contribution in [0.1, 0.15) is 16.7 Å². The summed E-state index contributed by atoms with van der Waals surface area (Å²) in [4.78, 5) is 12.5. The summed E-state index contributed by atoms with van der Waals surface area (Å²) in [5.74, 6) is -0.454. The Morgan fingerprint density at radius 2 is 1.93 bits per heavy atom. The molecule has 0 unspecified atom stereocenters. The largest absolute Gasteiger partial charge is 0.488 e. The van der Waals surface area contributed by atoms with Crippen molar-refractivity contribution in [3.05, 3.63) is 99.3 Å². The highest BCUT2D eigenvalue weighted by molar-refractivity contribution is 9.10. The zero-order valence-corrected chi connectivity index (χ0v) is 17.7. The fourth-order valence-electron chi connectivity index (χ4n) is 2.76. The van der Waals surface area contributed by atoms with E-state index < -0.39 is 11.7 Å². The highest BCUT2D eigenvalue weighted by Gasteiger charge is 2.12. The van der Waals surface area contributed by atoms with Crippen molar-refractivity contribution < 1.29 is 13.9 Å². The van der Waals surface area contributed by atoms with Gasteiger partial charge in [0.05, 0.1) is 0 Å². The molecule has 0 bridgehead atoms. The van der Waals surface area contributed by atoms with Crippen LogP contribution in [-0.4, -0.2) is 5.91 Å². The van der Waals surface area contributed by atoms with Gasteiger partial charge in [-0.1, -0.05) is 45.8 Å². The van der Waals surface area contributed by atoms with Crippen molar-refractivity contribution in [3.63, 3.8) is 0 Å². The van der Waals surface area contributed by atoms with Crippen LogP contribution in [0.15, 0.2) is 76.8 Å². The first-order valence-electron chi connectivity index (χ1n) is 9.11. The van der Waals surface area contributed by atoms with Crippen LogP contribution in [0.4, 0.5) is 10.1 Å². The molecular weight excluding hydrogens is 447 g/mol. The van der Waals surface area contributed by atoms with Gasteiger partial charge in [0.15, 0.2) is 0 Å². The second kappa shape index (κ2) is 9.86. The van der Waals surface area contributed by atoms with Crippen LogP contribution in [-0.2, 0) is 11.4 Å². The Morgan fingerprint density at radius 3 is 2.63 bits per heavy atom. The van der Waals surface area contributed by atoms with Crippen LogP contribution in [0, 0.1) is 24.1 Å². The van der Waals surface area contributed by atoms with Gasteiger partial charge in [-0.2, -0.15) is 5.26 Å². The number of aryl methyl sites for hydroxylation is 1. The second-order valence-corrected chi connectivity index (χ2v) is 7.51. The van der Waals surface area contributed by atoms with E-state index in [0.717, 1.165) is 15.6 Å². The maximum atomic E-state index is 13.0. The van der Waals surface area contributed by atoms with Crippen molar-refractivity contribution >= 4 is 33.6 Å². The summed E-state index contributed by atoms with van der Waals surface area (Å²) >= 11 is 3.41. The lowest BCUT2D eigenvalue weighted by Crippen LogP contribution is -2.13. The lowest BCUT2D eigenvalue weighted by Gasteiger charge is -2.11. The number of nitrogens with one attached hydrogen (secondary N) is 1. The van der Waals surface area contributed by atoms with Crippen LogP contribution in [0.5, 0.6) is 5.75 Å². The van der Waals surface area contributed by atoms with Crippen LogP contribution in [0.2, 0.25) is 0 Å². The smallest absolute Gasteiger partial charge is 0.266 e. The predicted octanol–water partition coefficient (Wildman–Crippen LogP) is 6.02. The number of amides is 1. The molecule has 3 aromatic carbocycles. The summed E-state index contributed by atoms with van der Waals surface area (Å²) < 4.78 is 19.8. The molecule has 3 aromatic rings. The van der Waals surface area contributed by atoms with Crippen molar-refractivity contribution in [3.8, 4) is 11.8 Å². The third-order valence-electron chi connectivity index (χ3n) is 4.22. The van der Waals surface area contributed by atoms with Crippen LogP contribution in [0.3, 0.4) is 0 Å².